The standard InChI is InChI=1S/C21H34ClN3O3/c1-5-23-21(25(3)10-7-16-8-11-27-12-9-16)24-15-17-13-18(22)20(28-6-2)19(14-17)26-4/h13-14,16H,5-12,15H2,1-4H3,(H,23,24). The Kier molecular flexibility index (Phi) is 9.71. The molecule has 1 heterocycles. The highest BCUT2D eigenvalue weighted by molar-refractivity contribution is 6.32. The summed E-state index contributed by atoms with van der Waals surface area (Å²) >= 11 is 6.38. The molecular weight excluding hydrogens is 378 g/mol. The van der Waals surface area contributed by atoms with E-state index < -0.39 is 0 Å². The molecule has 1 aliphatic heterocycles. The third kappa shape index (κ3) is 6.74. The molecule has 1 aliphatic rings. The molecule has 0 aliphatic carbocycles. The summed E-state index contributed by atoms with van der Waals surface area (Å²) in [6.07, 6.45) is 3.48. The predicted octanol–water partition coefficient (Wildman–Crippen LogP) is 3.96. The van der Waals surface area contributed by atoms with Crippen LogP contribution in [0.2, 0.25) is 5.02 Å². The van der Waals surface area contributed by atoms with E-state index in [1.54, 1.807) is 7.11 Å². The zero-order chi connectivity index (χ0) is 20.4. The summed E-state index contributed by atoms with van der Waals surface area (Å²) in [6, 6.07) is 3.83. The molecule has 0 aromatic heterocycles. The summed E-state index contributed by atoms with van der Waals surface area (Å²) in [5.41, 5.74) is 0.985. The molecule has 28 heavy (non-hydrogen) atoms. The summed E-state index contributed by atoms with van der Waals surface area (Å²) in [5, 5.41) is 3.92. The van der Waals surface area contributed by atoms with Crippen LogP contribution in [0.4, 0.5) is 0 Å². The number of methoxy groups -OCH3 is 1. The molecule has 0 atom stereocenters. The van der Waals surface area contributed by atoms with Gasteiger partial charge in [-0.2, -0.15) is 0 Å². The first-order valence-electron chi connectivity index (χ1n) is 10.1. The molecule has 7 heteroatoms. The van der Waals surface area contributed by atoms with Crippen molar-refractivity contribution in [1.82, 2.24) is 10.2 Å². The van der Waals surface area contributed by atoms with Gasteiger partial charge in [0, 0.05) is 33.4 Å². The Morgan fingerprint density at radius 1 is 1.32 bits per heavy atom. The second-order valence-corrected chi connectivity index (χ2v) is 7.39. The van der Waals surface area contributed by atoms with Gasteiger partial charge in [-0.1, -0.05) is 11.6 Å². The third-order valence-electron chi connectivity index (χ3n) is 4.90. The van der Waals surface area contributed by atoms with E-state index in [4.69, 9.17) is 30.8 Å². The molecule has 0 saturated carbocycles. The van der Waals surface area contributed by atoms with Gasteiger partial charge in [-0.05, 0) is 56.7 Å². The summed E-state index contributed by atoms with van der Waals surface area (Å²) in [4.78, 5) is 6.99. The van der Waals surface area contributed by atoms with E-state index in [1.807, 2.05) is 19.1 Å². The van der Waals surface area contributed by atoms with Crippen molar-refractivity contribution in [2.45, 2.75) is 39.7 Å². The molecule has 1 aromatic carbocycles. The first-order valence-corrected chi connectivity index (χ1v) is 10.5. The zero-order valence-electron chi connectivity index (χ0n) is 17.6. The largest absolute Gasteiger partial charge is 0.493 e. The van der Waals surface area contributed by atoms with E-state index >= 15 is 0 Å². The second-order valence-electron chi connectivity index (χ2n) is 6.98. The highest BCUT2D eigenvalue weighted by atomic mass is 35.5. The van der Waals surface area contributed by atoms with Gasteiger partial charge in [-0.3, -0.25) is 0 Å². The fourth-order valence-corrected chi connectivity index (χ4v) is 3.59. The lowest BCUT2D eigenvalue weighted by Gasteiger charge is -2.27. The van der Waals surface area contributed by atoms with E-state index in [0.717, 1.165) is 63.0 Å². The van der Waals surface area contributed by atoms with E-state index in [0.29, 0.717) is 29.7 Å². The SMILES string of the molecule is CCNC(=NCc1cc(Cl)c(OCC)c(OC)c1)N(C)CCC1CCOCC1. The van der Waals surface area contributed by atoms with Crippen molar-refractivity contribution in [3.63, 3.8) is 0 Å². The molecule has 1 fully saturated rings. The van der Waals surface area contributed by atoms with Gasteiger partial charge in [0.05, 0.1) is 25.3 Å². The molecule has 1 N–H and O–H groups in total. The molecule has 158 valence electrons. The Morgan fingerprint density at radius 2 is 2.07 bits per heavy atom. The maximum Gasteiger partial charge on any atom is 0.193 e. The Morgan fingerprint density at radius 3 is 2.71 bits per heavy atom. The zero-order valence-corrected chi connectivity index (χ0v) is 18.3. The van der Waals surface area contributed by atoms with E-state index in [2.05, 4.69) is 24.2 Å². The summed E-state index contributed by atoms with van der Waals surface area (Å²) < 4.78 is 16.5. The van der Waals surface area contributed by atoms with Gasteiger partial charge in [-0.25, -0.2) is 4.99 Å². The normalized spacial score (nSPS) is 15.4. The number of halogens is 1. The Bertz CT molecular complexity index is 634. The highest BCUT2D eigenvalue weighted by Crippen LogP contribution is 2.36. The van der Waals surface area contributed by atoms with Gasteiger partial charge in [0.1, 0.15) is 0 Å². The molecular formula is C21H34ClN3O3. The minimum Gasteiger partial charge on any atom is -0.493 e. The number of benzene rings is 1. The number of aliphatic imine (C=N–C) groups is 1. The fraction of sp³-hybridized carbons (Fsp3) is 0.667. The molecule has 0 spiro atoms. The summed E-state index contributed by atoms with van der Waals surface area (Å²) in [7, 11) is 3.71. The molecule has 0 bridgehead atoms. The topological polar surface area (TPSA) is 55.3 Å². The average Bonchev–Trinajstić information content (AvgIpc) is 2.71. The number of nitrogens with one attached hydrogen (secondary N) is 1. The van der Waals surface area contributed by atoms with Crippen molar-refractivity contribution in [1.29, 1.82) is 0 Å². The van der Waals surface area contributed by atoms with Crippen LogP contribution >= 0.6 is 11.6 Å². The number of ether oxygens (including phenoxy) is 3. The van der Waals surface area contributed by atoms with Crippen LogP contribution in [0.25, 0.3) is 0 Å². The predicted molar refractivity (Wildman–Crippen MR) is 115 cm³/mol. The third-order valence-corrected chi connectivity index (χ3v) is 5.18. The van der Waals surface area contributed by atoms with Crippen LogP contribution in [0, 0.1) is 5.92 Å². The van der Waals surface area contributed by atoms with Gasteiger partial charge < -0.3 is 24.4 Å². The smallest absolute Gasteiger partial charge is 0.193 e. The molecule has 6 nitrogen and oxygen atoms in total. The Hall–Kier alpha value is -1.66. The van der Waals surface area contributed by atoms with Crippen molar-refractivity contribution in [2.75, 3.05) is 47.1 Å². The van der Waals surface area contributed by atoms with Crippen LogP contribution in [-0.2, 0) is 11.3 Å². The Balaban J connectivity index is 2.03. The van der Waals surface area contributed by atoms with Gasteiger partial charge in [0.15, 0.2) is 17.5 Å². The van der Waals surface area contributed by atoms with Crippen LogP contribution in [0.15, 0.2) is 17.1 Å². The van der Waals surface area contributed by atoms with Crippen LogP contribution < -0.4 is 14.8 Å². The van der Waals surface area contributed by atoms with Crippen molar-refractivity contribution in [3.05, 3.63) is 22.7 Å². The van der Waals surface area contributed by atoms with Crippen LogP contribution in [0.1, 0.15) is 38.7 Å². The van der Waals surface area contributed by atoms with Crippen molar-refractivity contribution < 1.29 is 14.2 Å². The maximum atomic E-state index is 6.38. The van der Waals surface area contributed by atoms with Crippen LogP contribution in [0.3, 0.4) is 0 Å². The highest BCUT2D eigenvalue weighted by Gasteiger charge is 2.16. The molecule has 0 radical (unpaired) electrons. The van der Waals surface area contributed by atoms with E-state index in [9.17, 15) is 0 Å². The number of nitrogens with zero attached hydrogens (tertiary/aromatic N) is 2. The lowest BCUT2D eigenvalue weighted by molar-refractivity contribution is 0.0625. The first-order chi connectivity index (χ1) is 13.6. The molecule has 1 saturated heterocycles. The van der Waals surface area contributed by atoms with Gasteiger partial charge >= 0.3 is 0 Å². The summed E-state index contributed by atoms with van der Waals surface area (Å²) in [6.45, 7) is 8.65. The lowest BCUT2D eigenvalue weighted by atomic mass is 9.96. The lowest BCUT2D eigenvalue weighted by Crippen LogP contribution is -2.40. The number of hydrogen-bond donors (Lipinski definition) is 1. The van der Waals surface area contributed by atoms with Gasteiger partial charge in [0.2, 0.25) is 0 Å². The molecule has 0 unspecified atom stereocenters. The second kappa shape index (κ2) is 12.0. The quantitative estimate of drug-likeness (QED) is 0.492. The number of guanidine groups is 1. The van der Waals surface area contributed by atoms with Crippen LogP contribution in [0.5, 0.6) is 11.5 Å². The fourth-order valence-electron chi connectivity index (χ4n) is 3.30. The van der Waals surface area contributed by atoms with Gasteiger partial charge in [0.25, 0.3) is 0 Å². The number of hydrogen-bond acceptors (Lipinski definition) is 4. The first kappa shape index (κ1) is 22.6. The van der Waals surface area contributed by atoms with E-state index in [1.165, 1.54) is 0 Å². The van der Waals surface area contributed by atoms with Gasteiger partial charge in [-0.15, -0.1) is 0 Å². The monoisotopic (exact) mass is 411 g/mol. The minimum absolute atomic E-state index is 0.520. The average molecular weight is 412 g/mol. The van der Waals surface area contributed by atoms with E-state index in [-0.39, 0.29) is 0 Å². The Labute approximate surface area is 174 Å². The van der Waals surface area contributed by atoms with Crippen molar-refractivity contribution in [2.24, 2.45) is 10.9 Å². The summed E-state index contributed by atoms with van der Waals surface area (Å²) in [5.74, 6) is 2.86. The molecule has 0 amide bonds. The minimum atomic E-state index is 0.520. The molecule has 1 aromatic rings. The maximum absolute atomic E-state index is 6.38. The van der Waals surface area contributed by atoms with Crippen molar-refractivity contribution in [3.8, 4) is 11.5 Å². The number of rotatable bonds is 9. The molecule has 2 rings (SSSR count). The van der Waals surface area contributed by atoms with Crippen molar-refractivity contribution >= 4 is 17.6 Å². The van der Waals surface area contributed by atoms with Crippen LogP contribution in [-0.4, -0.2) is 57.9 Å².